The maximum absolute atomic E-state index is 4.39. The molecule has 0 atom stereocenters. The maximum Gasteiger partial charge on any atom is 0.159 e. The summed E-state index contributed by atoms with van der Waals surface area (Å²) in [6.07, 6.45) is 11.0. The Labute approximate surface area is 330 Å². The summed E-state index contributed by atoms with van der Waals surface area (Å²) >= 11 is 0. The van der Waals surface area contributed by atoms with Gasteiger partial charge in [-0.2, -0.15) is 0 Å². The van der Waals surface area contributed by atoms with E-state index in [1.165, 1.54) is 55.2 Å². The van der Waals surface area contributed by atoms with Crippen molar-refractivity contribution >= 4 is 38.8 Å². The Morgan fingerprint density at radius 1 is 0.661 bits per heavy atom. The summed E-state index contributed by atoms with van der Waals surface area (Å²) in [7, 11) is 2.13. The first-order chi connectivity index (χ1) is 27.4. The van der Waals surface area contributed by atoms with Crippen molar-refractivity contribution in [2.24, 2.45) is 0 Å². The van der Waals surface area contributed by atoms with Crippen molar-refractivity contribution < 1.29 is 0 Å². The zero-order chi connectivity index (χ0) is 38.6. The van der Waals surface area contributed by atoms with Crippen LogP contribution in [0, 0.1) is 0 Å². The zero-order valence-electron chi connectivity index (χ0n) is 32.5. The van der Waals surface area contributed by atoms with Gasteiger partial charge >= 0.3 is 0 Å². The monoisotopic (exact) mass is 726 g/mol. The van der Waals surface area contributed by atoms with Crippen LogP contribution < -0.4 is 4.90 Å². The summed E-state index contributed by atoms with van der Waals surface area (Å²) < 4.78 is 2.39. The summed E-state index contributed by atoms with van der Waals surface area (Å²) in [6, 6.07) is 53.6. The Kier molecular flexibility index (Phi) is 10.0. The van der Waals surface area contributed by atoms with Crippen LogP contribution in [0.5, 0.6) is 0 Å². The van der Waals surface area contributed by atoms with Crippen molar-refractivity contribution in [3.63, 3.8) is 0 Å². The number of allylic oxidation sites excluding steroid dienone is 5. The predicted octanol–water partition coefficient (Wildman–Crippen LogP) is 13.6. The molecule has 4 heteroatoms. The summed E-state index contributed by atoms with van der Waals surface area (Å²) in [6.45, 7) is 10.6. The minimum absolute atomic E-state index is 0.0891. The minimum atomic E-state index is 0.0891. The number of nitrogens with zero attached hydrogens (tertiary/aromatic N) is 4. The van der Waals surface area contributed by atoms with E-state index < -0.39 is 0 Å². The van der Waals surface area contributed by atoms with Crippen molar-refractivity contribution in [1.82, 2.24) is 14.5 Å². The average Bonchev–Trinajstić information content (AvgIpc) is 3.70. The highest BCUT2D eigenvalue weighted by Crippen LogP contribution is 2.49. The highest BCUT2D eigenvalue weighted by Gasteiger charge is 2.37. The third-order valence-electron chi connectivity index (χ3n) is 10.9. The molecule has 8 aromatic rings. The maximum atomic E-state index is 4.39. The summed E-state index contributed by atoms with van der Waals surface area (Å²) in [5.74, 6) is 0.730. The van der Waals surface area contributed by atoms with Crippen LogP contribution in [0.25, 0.3) is 55.6 Å². The lowest BCUT2D eigenvalue weighted by Gasteiger charge is -2.22. The molecule has 1 aliphatic rings. The lowest BCUT2D eigenvalue weighted by Crippen LogP contribution is -2.14. The van der Waals surface area contributed by atoms with Gasteiger partial charge in [-0.05, 0) is 94.9 Å². The Morgan fingerprint density at radius 3 is 2.04 bits per heavy atom. The molecule has 0 unspecified atom stereocenters. The van der Waals surface area contributed by atoms with Crippen LogP contribution in [-0.2, 0) is 5.41 Å². The van der Waals surface area contributed by atoms with Gasteiger partial charge in [-0.3, -0.25) is 0 Å². The molecule has 0 amide bonds. The highest BCUT2D eigenvalue weighted by molar-refractivity contribution is 6.15. The molecule has 0 saturated heterocycles. The van der Waals surface area contributed by atoms with Crippen molar-refractivity contribution in [2.75, 3.05) is 11.9 Å². The fraction of sp³-hybridized carbons (Fsp3) is 0.115. The minimum Gasteiger partial charge on any atom is -0.345 e. The fourth-order valence-corrected chi connectivity index (χ4v) is 8.12. The molecule has 1 aliphatic carbocycles. The van der Waals surface area contributed by atoms with Gasteiger partial charge in [-0.25, -0.2) is 9.97 Å². The van der Waals surface area contributed by atoms with Crippen LogP contribution in [0.1, 0.15) is 38.3 Å². The zero-order valence-corrected chi connectivity index (χ0v) is 32.5. The van der Waals surface area contributed by atoms with E-state index in [-0.39, 0.29) is 5.41 Å². The Morgan fingerprint density at radius 2 is 1.32 bits per heavy atom. The van der Waals surface area contributed by atoms with Crippen LogP contribution in [0.4, 0.5) is 11.4 Å². The number of hydrogen-bond acceptors (Lipinski definition) is 3. The molecule has 274 valence electrons. The molecular formula is C52H46N4. The molecule has 4 nitrogen and oxygen atoms in total. The molecule has 9 rings (SSSR count). The van der Waals surface area contributed by atoms with Crippen LogP contribution >= 0.6 is 0 Å². The van der Waals surface area contributed by atoms with Crippen LogP contribution in [-0.4, -0.2) is 21.6 Å². The third-order valence-corrected chi connectivity index (χ3v) is 10.9. The molecular weight excluding hydrogens is 681 g/mol. The molecule has 0 spiro atoms. The number of para-hydroxylation sites is 2. The van der Waals surface area contributed by atoms with E-state index in [1.807, 2.05) is 12.1 Å². The van der Waals surface area contributed by atoms with E-state index >= 15 is 0 Å². The van der Waals surface area contributed by atoms with E-state index in [9.17, 15) is 0 Å². The molecule has 0 fully saturated rings. The van der Waals surface area contributed by atoms with Crippen molar-refractivity contribution in [1.29, 1.82) is 0 Å². The van der Waals surface area contributed by atoms with Gasteiger partial charge in [0, 0.05) is 63.8 Å². The largest absolute Gasteiger partial charge is 0.345 e. The second-order valence-corrected chi connectivity index (χ2v) is 14.6. The highest BCUT2D eigenvalue weighted by atomic mass is 15.1. The summed E-state index contributed by atoms with van der Waals surface area (Å²) in [4.78, 5) is 11.0. The molecule has 56 heavy (non-hydrogen) atoms. The molecule has 0 radical (unpaired) electrons. The van der Waals surface area contributed by atoms with Gasteiger partial charge < -0.3 is 9.47 Å². The van der Waals surface area contributed by atoms with Gasteiger partial charge in [0.1, 0.15) is 0 Å². The van der Waals surface area contributed by atoms with E-state index in [4.69, 9.17) is 0 Å². The lowest BCUT2D eigenvalue weighted by molar-refractivity contribution is 0.661. The first-order valence-electron chi connectivity index (χ1n) is 19.3. The first kappa shape index (κ1) is 36.2. The van der Waals surface area contributed by atoms with E-state index in [0.717, 1.165) is 34.9 Å². The van der Waals surface area contributed by atoms with E-state index in [1.54, 1.807) is 12.4 Å². The molecule has 2 aromatic heterocycles. The quantitative estimate of drug-likeness (QED) is 0.164. The summed E-state index contributed by atoms with van der Waals surface area (Å²) in [5, 5.41) is 2.47. The van der Waals surface area contributed by atoms with Crippen molar-refractivity contribution in [3.05, 3.63) is 206 Å². The standard InChI is InChI=1S/C35H26N4.C17H20/c1-38(27-19-17-26(18-20-27)35-36-21-10-22-37-35)29-23-31(25-11-4-2-5-12-25)34-32(24-29)30-15-8-9-16-33(30)39(34)28-13-6-3-7-14-28;1-5-9-13-14-11-7-8-12-16(14)17(3,4)15(13)10-6-2/h2-24H,1H3;6-12H,2,5H2,1,3-4H3/b;13-9-,15-10+. The Balaban J connectivity index is 0.000000218. The van der Waals surface area contributed by atoms with Crippen LogP contribution in [0.15, 0.2) is 194 Å². The Bertz CT molecular complexity index is 2700. The topological polar surface area (TPSA) is 34.0 Å². The predicted molar refractivity (Wildman–Crippen MR) is 238 cm³/mol. The fourth-order valence-electron chi connectivity index (χ4n) is 8.12. The lowest BCUT2D eigenvalue weighted by atomic mass is 9.82. The second kappa shape index (κ2) is 15.5. The SMILES string of the molecule is C=C/C=C1\C(=C/CC)c2ccccc2C1(C)C.CN(c1ccc(-c2ncccn2)cc1)c1cc(-c2ccccc2)c2c(c1)c1ccccc1n2-c1ccccc1. The van der Waals surface area contributed by atoms with Crippen molar-refractivity contribution in [3.8, 4) is 28.2 Å². The van der Waals surface area contributed by atoms with Crippen LogP contribution in [0.2, 0.25) is 0 Å². The normalized spacial score (nSPS) is 14.4. The number of fused-ring (bicyclic) bond motifs is 4. The molecule has 6 aromatic carbocycles. The van der Waals surface area contributed by atoms with Crippen LogP contribution in [0.3, 0.4) is 0 Å². The number of anilines is 2. The van der Waals surface area contributed by atoms with Gasteiger partial charge in [0.15, 0.2) is 5.82 Å². The number of rotatable bonds is 7. The average molecular weight is 727 g/mol. The number of benzene rings is 6. The molecule has 0 aliphatic heterocycles. The Hall–Kier alpha value is -6.78. The third kappa shape index (κ3) is 6.64. The smallest absolute Gasteiger partial charge is 0.159 e. The number of hydrogen-bond donors (Lipinski definition) is 0. The molecule has 0 N–H and O–H groups in total. The van der Waals surface area contributed by atoms with Gasteiger partial charge in [-0.1, -0.05) is 137 Å². The van der Waals surface area contributed by atoms with Gasteiger partial charge in [-0.15, -0.1) is 0 Å². The molecule has 2 heterocycles. The number of aromatic nitrogens is 3. The molecule has 0 saturated carbocycles. The second-order valence-electron chi connectivity index (χ2n) is 14.6. The summed E-state index contributed by atoms with van der Waals surface area (Å²) in [5.41, 5.74) is 14.8. The van der Waals surface area contributed by atoms with Crippen molar-refractivity contribution in [2.45, 2.75) is 32.6 Å². The van der Waals surface area contributed by atoms with Gasteiger partial charge in [0.2, 0.25) is 0 Å². The first-order valence-corrected chi connectivity index (χ1v) is 19.3. The van der Waals surface area contributed by atoms with Gasteiger partial charge in [0.05, 0.1) is 11.0 Å². The van der Waals surface area contributed by atoms with E-state index in [2.05, 4.69) is 212 Å². The van der Waals surface area contributed by atoms with Gasteiger partial charge in [0.25, 0.3) is 0 Å². The van der Waals surface area contributed by atoms with E-state index in [0.29, 0.717) is 0 Å². The molecule has 0 bridgehead atoms.